The summed E-state index contributed by atoms with van der Waals surface area (Å²) in [5, 5.41) is 12.1. The van der Waals surface area contributed by atoms with Gasteiger partial charge in [0.2, 0.25) is 0 Å². The Morgan fingerprint density at radius 1 is 1.37 bits per heavy atom. The minimum absolute atomic E-state index is 0.336. The normalized spacial score (nSPS) is 10.7. The van der Waals surface area contributed by atoms with Gasteiger partial charge in [0.25, 0.3) is 0 Å². The summed E-state index contributed by atoms with van der Waals surface area (Å²) in [6, 6.07) is 0. The van der Waals surface area contributed by atoms with E-state index in [1.165, 1.54) is 18.4 Å². The minimum atomic E-state index is -0.336. The number of halogens is 1. The van der Waals surface area contributed by atoms with Crippen LogP contribution in [0, 0.1) is 20.8 Å². The van der Waals surface area contributed by atoms with Crippen molar-refractivity contribution in [2.75, 3.05) is 19.0 Å². The molecule has 0 bridgehead atoms. The van der Waals surface area contributed by atoms with Crippen molar-refractivity contribution in [3.05, 3.63) is 31.9 Å². The van der Waals surface area contributed by atoms with Crippen molar-refractivity contribution in [2.24, 2.45) is 0 Å². The summed E-state index contributed by atoms with van der Waals surface area (Å²) < 4.78 is 7.98. The van der Waals surface area contributed by atoms with E-state index in [4.69, 9.17) is 17.0 Å². The molecule has 0 saturated heterocycles. The second kappa shape index (κ2) is 9.66. The number of nitrogens with zero attached hydrogens (tertiary/aromatic N) is 2. The summed E-state index contributed by atoms with van der Waals surface area (Å²) in [4.78, 5) is 13.3. The molecule has 0 aliphatic carbocycles. The molecule has 148 valence electrons. The smallest absolute Gasteiger partial charge is 0.341 e. The van der Waals surface area contributed by atoms with Crippen LogP contribution < -0.4 is 10.6 Å². The van der Waals surface area contributed by atoms with Gasteiger partial charge in [-0.05, 0) is 67.3 Å². The van der Waals surface area contributed by atoms with Crippen molar-refractivity contribution < 1.29 is 9.53 Å². The Hall–Kier alpha value is -1.45. The van der Waals surface area contributed by atoms with Gasteiger partial charge in [0.05, 0.1) is 22.8 Å². The standard InChI is InChI=1S/C18H25BrN4O2S2/c1-6-13-12(4)27-16(14(13)17(24)25-5)21-18(26)20-8-7-9-23-11(3)15(19)10(2)22-23/h6-9H2,1-5H3,(H2,20,21,26). The average molecular weight is 473 g/mol. The fourth-order valence-electron chi connectivity index (χ4n) is 2.88. The highest BCUT2D eigenvalue weighted by atomic mass is 79.9. The number of ether oxygens (including phenoxy) is 1. The van der Waals surface area contributed by atoms with Crippen molar-refractivity contribution in [3.63, 3.8) is 0 Å². The topological polar surface area (TPSA) is 68.2 Å². The number of methoxy groups -OCH3 is 1. The van der Waals surface area contributed by atoms with Crippen LogP contribution in [0.2, 0.25) is 0 Å². The van der Waals surface area contributed by atoms with Crippen LogP contribution in [0.1, 0.15) is 45.5 Å². The van der Waals surface area contributed by atoms with Gasteiger partial charge in [-0.25, -0.2) is 4.79 Å². The molecule has 0 unspecified atom stereocenters. The van der Waals surface area contributed by atoms with E-state index in [2.05, 4.69) is 31.7 Å². The van der Waals surface area contributed by atoms with Gasteiger partial charge in [-0.15, -0.1) is 11.3 Å². The number of hydrogen-bond acceptors (Lipinski definition) is 5. The zero-order chi connectivity index (χ0) is 20.1. The minimum Gasteiger partial charge on any atom is -0.465 e. The number of hydrogen-bond donors (Lipinski definition) is 2. The highest BCUT2D eigenvalue weighted by Gasteiger charge is 2.22. The predicted molar refractivity (Wildman–Crippen MR) is 118 cm³/mol. The fraction of sp³-hybridized carbons (Fsp3) is 0.500. The maximum Gasteiger partial charge on any atom is 0.341 e. The van der Waals surface area contributed by atoms with Crippen molar-refractivity contribution in [3.8, 4) is 0 Å². The van der Waals surface area contributed by atoms with Crippen molar-refractivity contribution in [2.45, 2.75) is 47.1 Å². The van der Waals surface area contributed by atoms with Gasteiger partial charge < -0.3 is 15.4 Å². The molecule has 0 atom stereocenters. The van der Waals surface area contributed by atoms with Gasteiger partial charge >= 0.3 is 5.97 Å². The first-order valence-corrected chi connectivity index (χ1v) is 10.8. The largest absolute Gasteiger partial charge is 0.465 e. The van der Waals surface area contributed by atoms with E-state index in [-0.39, 0.29) is 5.97 Å². The lowest BCUT2D eigenvalue weighted by Crippen LogP contribution is -2.30. The Kier molecular flexibility index (Phi) is 7.81. The van der Waals surface area contributed by atoms with Gasteiger partial charge in [-0.3, -0.25) is 4.68 Å². The number of nitrogens with one attached hydrogen (secondary N) is 2. The molecule has 2 aromatic heterocycles. The molecule has 0 radical (unpaired) electrons. The molecular weight excluding hydrogens is 448 g/mol. The van der Waals surface area contributed by atoms with Crippen LogP contribution in [0.25, 0.3) is 0 Å². The Morgan fingerprint density at radius 2 is 2.07 bits per heavy atom. The molecule has 2 aromatic rings. The average Bonchev–Trinajstić information content (AvgIpc) is 3.08. The Bertz CT molecular complexity index is 845. The van der Waals surface area contributed by atoms with E-state index in [9.17, 15) is 4.79 Å². The number of carbonyl (C=O) groups excluding carboxylic acids is 1. The van der Waals surface area contributed by atoms with Crippen molar-refractivity contribution >= 4 is 55.6 Å². The first-order chi connectivity index (χ1) is 12.8. The Morgan fingerprint density at radius 3 is 2.63 bits per heavy atom. The fourth-order valence-corrected chi connectivity index (χ4v) is 4.57. The molecule has 0 saturated carbocycles. The molecule has 6 nitrogen and oxygen atoms in total. The summed E-state index contributed by atoms with van der Waals surface area (Å²) in [6.07, 6.45) is 1.65. The monoisotopic (exact) mass is 472 g/mol. The lowest BCUT2D eigenvalue weighted by atomic mass is 10.1. The summed E-state index contributed by atoms with van der Waals surface area (Å²) in [7, 11) is 1.40. The molecular formula is C18H25BrN4O2S2. The van der Waals surface area contributed by atoms with Gasteiger partial charge in [-0.1, -0.05) is 6.92 Å². The number of rotatable bonds is 7. The molecule has 0 amide bonds. The lowest BCUT2D eigenvalue weighted by Gasteiger charge is -2.11. The number of carbonyl (C=O) groups is 1. The van der Waals surface area contributed by atoms with Crippen LogP contribution >= 0.6 is 39.5 Å². The maximum atomic E-state index is 12.2. The Balaban J connectivity index is 1.92. The third-order valence-electron chi connectivity index (χ3n) is 4.30. The molecule has 2 N–H and O–H groups in total. The van der Waals surface area contributed by atoms with Gasteiger partial charge in [0.1, 0.15) is 5.00 Å². The van der Waals surface area contributed by atoms with Crippen molar-refractivity contribution in [1.29, 1.82) is 0 Å². The van der Waals surface area contributed by atoms with Crippen molar-refractivity contribution in [1.82, 2.24) is 15.1 Å². The highest BCUT2D eigenvalue weighted by Crippen LogP contribution is 2.33. The number of thiocarbonyl (C=S) groups is 1. The SMILES string of the molecule is CCc1c(C)sc(NC(=S)NCCCn2nc(C)c(Br)c2C)c1C(=O)OC. The van der Waals surface area contributed by atoms with Gasteiger partial charge in [0.15, 0.2) is 5.11 Å². The summed E-state index contributed by atoms with van der Waals surface area (Å²) in [6.45, 7) is 9.57. The van der Waals surface area contributed by atoms with Crippen LogP contribution in [0.3, 0.4) is 0 Å². The number of esters is 1. The molecule has 0 aliphatic heterocycles. The predicted octanol–water partition coefficient (Wildman–Crippen LogP) is 4.36. The third-order valence-corrected chi connectivity index (χ3v) is 6.76. The second-order valence-corrected chi connectivity index (χ2v) is 8.55. The van der Waals surface area contributed by atoms with E-state index < -0.39 is 0 Å². The summed E-state index contributed by atoms with van der Waals surface area (Å²) >= 11 is 10.5. The molecule has 0 aliphatic rings. The summed E-state index contributed by atoms with van der Waals surface area (Å²) in [5.41, 5.74) is 3.70. The van der Waals surface area contributed by atoms with E-state index in [1.54, 1.807) is 0 Å². The number of aryl methyl sites for hydroxylation is 3. The number of aromatic nitrogens is 2. The second-order valence-electron chi connectivity index (χ2n) is 6.13. The Labute approximate surface area is 177 Å². The van der Waals surface area contributed by atoms with Crippen LogP contribution in [0.5, 0.6) is 0 Å². The van der Waals surface area contributed by atoms with Crippen LogP contribution in [0.4, 0.5) is 5.00 Å². The maximum absolute atomic E-state index is 12.2. The third kappa shape index (κ3) is 5.08. The molecule has 9 heteroatoms. The molecule has 0 spiro atoms. The molecule has 2 rings (SSSR count). The molecule has 0 aromatic carbocycles. The first-order valence-electron chi connectivity index (χ1n) is 8.75. The first kappa shape index (κ1) is 21.8. The summed E-state index contributed by atoms with van der Waals surface area (Å²) in [5.74, 6) is -0.336. The lowest BCUT2D eigenvalue weighted by molar-refractivity contribution is 0.0601. The van der Waals surface area contributed by atoms with E-state index in [0.29, 0.717) is 17.2 Å². The molecule has 0 fully saturated rings. The quantitative estimate of drug-likeness (QED) is 0.354. The number of anilines is 1. The number of thiophene rings is 1. The van der Waals surface area contributed by atoms with E-state index in [1.807, 2.05) is 32.4 Å². The van der Waals surface area contributed by atoms with Crippen LogP contribution in [-0.4, -0.2) is 34.5 Å². The van der Waals surface area contributed by atoms with Gasteiger partial charge in [-0.2, -0.15) is 5.10 Å². The van der Waals surface area contributed by atoms with Crippen LogP contribution in [-0.2, 0) is 17.7 Å². The zero-order valence-corrected chi connectivity index (χ0v) is 19.5. The zero-order valence-electron chi connectivity index (χ0n) is 16.2. The van der Waals surface area contributed by atoms with E-state index in [0.717, 1.165) is 50.7 Å². The highest BCUT2D eigenvalue weighted by molar-refractivity contribution is 9.10. The van der Waals surface area contributed by atoms with E-state index >= 15 is 0 Å². The van der Waals surface area contributed by atoms with Gasteiger partial charge in [0, 0.05) is 23.7 Å². The molecule has 2 heterocycles. The van der Waals surface area contributed by atoms with Crippen LogP contribution in [0.15, 0.2) is 4.47 Å². The molecule has 27 heavy (non-hydrogen) atoms.